The van der Waals surface area contributed by atoms with Crippen LogP contribution in [0.1, 0.15) is 35.3 Å². The van der Waals surface area contributed by atoms with E-state index in [1.54, 1.807) is 24.0 Å². The number of halogens is 3. The highest BCUT2D eigenvalue weighted by Gasteiger charge is 2.34. The van der Waals surface area contributed by atoms with Crippen LogP contribution in [0.2, 0.25) is 0 Å². The van der Waals surface area contributed by atoms with Crippen molar-refractivity contribution in [1.29, 1.82) is 0 Å². The summed E-state index contributed by atoms with van der Waals surface area (Å²) in [5, 5.41) is 15.0. The fourth-order valence-electron chi connectivity index (χ4n) is 4.82. The van der Waals surface area contributed by atoms with E-state index in [1.807, 2.05) is 32.2 Å². The minimum Gasteiger partial charge on any atom is -0.488 e. The van der Waals surface area contributed by atoms with E-state index in [2.05, 4.69) is 27.7 Å². The molecule has 0 fully saturated rings. The van der Waals surface area contributed by atoms with Crippen molar-refractivity contribution in [3.63, 3.8) is 0 Å². The zero-order valence-corrected chi connectivity index (χ0v) is 23.7. The van der Waals surface area contributed by atoms with Crippen LogP contribution >= 0.6 is 0 Å². The van der Waals surface area contributed by atoms with Gasteiger partial charge in [0.05, 0.1) is 23.8 Å². The average molecular weight is 585 g/mol. The maximum atomic E-state index is 13.7. The van der Waals surface area contributed by atoms with Crippen LogP contribution in [0.25, 0.3) is 0 Å². The number of nitrogens with zero attached hydrogens (tertiary/aromatic N) is 2. The third-order valence-corrected chi connectivity index (χ3v) is 7.18. The Hall–Kier alpha value is -4.09. The lowest BCUT2D eigenvalue weighted by Gasteiger charge is -2.38. The van der Waals surface area contributed by atoms with Crippen LogP contribution in [0, 0.1) is 5.92 Å². The van der Waals surface area contributed by atoms with E-state index < -0.39 is 23.8 Å². The Labute approximate surface area is 243 Å². The van der Waals surface area contributed by atoms with E-state index in [-0.39, 0.29) is 41.5 Å². The van der Waals surface area contributed by atoms with Gasteiger partial charge in [-0.3, -0.25) is 9.69 Å². The molecule has 0 spiro atoms. The van der Waals surface area contributed by atoms with E-state index in [0.717, 1.165) is 29.8 Å². The monoisotopic (exact) mass is 584 g/mol. The number of anilines is 2. The maximum absolute atomic E-state index is 13.7. The quantitative estimate of drug-likeness (QED) is 0.316. The summed E-state index contributed by atoms with van der Waals surface area (Å²) in [6, 6.07) is 17.7. The Balaban J connectivity index is 1.53. The van der Waals surface area contributed by atoms with E-state index in [9.17, 15) is 27.9 Å². The molecule has 224 valence electrons. The lowest BCUT2D eigenvalue weighted by molar-refractivity contribution is -0.137. The molecule has 3 N–H and O–H groups in total. The lowest BCUT2D eigenvalue weighted by atomic mass is 9.99. The molecule has 0 bridgehead atoms. The molecule has 3 atom stereocenters. The Morgan fingerprint density at radius 3 is 2.36 bits per heavy atom. The second-order valence-electron chi connectivity index (χ2n) is 10.7. The Bertz CT molecular complexity index is 1370. The Morgan fingerprint density at radius 1 is 1.07 bits per heavy atom. The first-order valence-corrected chi connectivity index (χ1v) is 13.6. The topological polar surface area (TPSA) is 94.1 Å². The van der Waals surface area contributed by atoms with Crippen LogP contribution in [0.15, 0.2) is 72.8 Å². The van der Waals surface area contributed by atoms with Gasteiger partial charge in [0.25, 0.3) is 5.91 Å². The molecule has 4 rings (SSSR count). The third kappa shape index (κ3) is 7.80. The molecule has 0 aromatic heterocycles. The minimum absolute atomic E-state index is 0.0540. The standard InChI is InChI=1S/C31H35F3N4O4/c1-20-16-38(21(2)19-39)29(40)26-15-25(36-30(41)35-24-11-9-23(10-12-24)31(32,33)34)13-14-27(26)42-28(20)18-37(3)17-22-7-5-4-6-8-22/h4-15,20-21,28,39H,16-19H2,1-3H3,(H2,35,36,41)/t20-,21-,28-/m1/s1. The fraction of sp³-hybridized carbons (Fsp3) is 0.355. The predicted molar refractivity (Wildman–Crippen MR) is 154 cm³/mol. The van der Waals surface area contributed by atoms with Crippen molar-refractivity contribution >= 4 is 23.3 Å². The number of nitrogens with one attached hydrogen (secondary N) is 2. The number of ether oxygens (including phenoxy) is 1. The molecular formula is C31H35F3N4O4. The number of aliphatic hydroxyl groups excluding tert-OH is 1. The maximum Gasteiger partial charge on any atom is 0.416 e. The van der Waals surface area contributed by atoms with Crippen molar-refractivity contribution in [1.82, 2.24) is 9.80 Å². The number of aliphatic hydroxyl groups is 1. The van der Waals surface area contributed by atoms with E-state index in [4.69, 9.17) is 4.74 Å². The minimum atomic E-state index is -4.48. The molecule has 0 unspecified atom stereocenters. The highest BCUT2D eigenvalue weighted by molar-refractivity contribution is 6.02. The van der Waals surface area contributed by atoms with Gasteiger partial charge in [0.2, 0.25) is 0 Å². The number of carbonyl (C=O) groups is 2. The molecule has 42 heavy (non-hydrogen) atoms. The summed E-state index contributed by atoms with van der Waals surface area (Å²) >= 11 is 0. The van der Waals surface area contributed by atoms with Gasteiger partial charge in [0.1, 0.15) is 11.9 Å². The molecule has 0 aliphatic carbocycles. The van der Waals surface area contributed by atoms with Gasteiger partial charge < -0.3 is 25.4 Å². The van der Waals surface area contributed by atoms with E-state index in [1.165, 1.54) is 6.07 Å². The van der Waals surface area contributed by atoms with Gasteiger partial charge >= 0.3 is 12.2 Å². The number of amides is 3. The molecule has 11 heteroatoms. The number of likely N-dealkylation sites (N-methyl/N-ethyl adjacent to an activating group) is 1. The van der Waals surface area contributed by atoms with E-state index in [0.29, 0.717) is 25.4 Å². The smallest absolute Gasteiger partial charge is 0.416 e. The molecular weight excluding hydrogens is 549 g/mol. The molecule has 0 saturated heterocycles. The van der Waals surface area contributed by atoms with Crippen LogP contribution in [-0.4, -0.2) is 65.7 Å². The number of alkyl halides is 3. The number of urea groups is 1. The summed E-state index contributed by atoms with van der Waals surface area (Å²) in [5.74, 6) is -0.0450. The second-order valence-corrected chi connectivity index (χ2v) is 10.7. The van der Waals surface area contributed by atoms with Crippen LogP contribution in [0.4, 0.5) is 29.3 Å². The third-order valence-electron chi connectivity index (χ3n) is 7.18. The zero-order chi connectivity index (χ0) is 30.4. The Kier molecular flexibility index (Phi) is 9.74. The van der Waals surface area contributed by atoms with Gasteiger partial charge in [-0.05, 0) is 62.0 Å². The summed E-state index contributed by atoms with van der Waals surface area (Å²) in [6.45, 7) is 5.21. The first-order chi connectivity index (χ1) is 19.9. The van der Waals surface area contributed by atoms with Gasteiger partial charge in [-0.25, -0.2) is 4.79 Å². The number of rotatable bonds is 8. The molecule has 1 aliphatic rings. The van der Waals surface area contributed by atoms with Gasteiger partial charge in [0, 0.05) is 36.9 Å². The van der Waals surface area contributed by atoms with Crippen LogP contribution < -0.4 is 15.4 Å². The van der Waals surface area contributed by atoms with Crippen LogP contribution in [-0.2, 0) is 12.7 Å². The van der Waals surface area contributed by atoms with E-state index >= 15 is 0 Å². The van der Waals surface area contributed by atoms with Crippen molar-refractivity contribution < 1.29 is 32.6 Å². The summed E-state index contributed by atoms with van der Waals surface area (Å²) in [5.41, 5.74) is 1.03. The van der Waals surface area contributed by atoms with Crippen molar-refractivity contribution in [3.8, 4) is 5.75 Å². The number of carbonyl (C=O) groups excluding carboxylic acids is 2. The zero-order valence-electron chi connectivity index (χ0n) is 23.7. The fourth-order valence-corrected chi connectivity index (χ4v) is 4.82. The SMILES string of the molecule is C[C@@H]1CN([C@H](C)CO)C(=O)c2cc(NC(=O)Nc3ccc(C(F)(F)F)cc3)ccc2O[C@@H]1CN(C)Cc1ccccc1. The summed E-state index contributed by atoms with van der Waals surface area (Å²) in [7, 11) is 2.00. The van der Waals surface area contributed by atoms with Gasteiger partial charge in [-0.2, -0.15) is 13.2 Å². The summed E-state index contributed by atoms with van der Waals surface area (Å²) in [4.78, 5) is 30.0. The molecule has 3 aromatic carbocycles. The van der Waals surface area contributed by atoms with Gasteiger partial charge in [0.15, 0.2) is 0 Å². The molecule has 1 aliphatic heterocycles. The largest absolute Gasteiger partial charge is 0.488 e. The Morgan fingerprint density at radius 2 is 1.71 bits per heavy atom. The highest BCUT2D eigenvalue weighted by atomic mass is 19.4. The predicted octanol–water partition coefficient (Wildman–Crippen LogP) is 5.70. The second kappa shape index (κ2) is 13.3. The summed E-state index contributed by atoms with van der Waals surface area (Å²) in [6.07, 6.45) is -4.76. The first-order valence-electron chi connectivity index (χ1n) is 13.6. The molecule has 3 aromatic rings. The first kappa shape index (κ1) is 30.9. The van der Waals surface area contributed by atoms with Crippen LogP contribution in [0.3, 0.4) is 0 Å². The van der Waals surface area contributed by atoms with Crippen molar-refractivity contribution in [2.45, 2.75) is 38.7 Å². The number of benzene rings is 3. The van der Waals surface area contributed by atoms with Gasteiger partial charge in [-0.15, -0.1) is 0 Å². The average Bonchev–Trinajstić information content (AvgIpc) is 2.95. The number of hydrogen-bond acceptors (Lipinski definition) is 5. The van der Waals surface area contributed by atoms with Gasteiger partial charge in [-0.1, -0.05) is 37.3 Å². The number of hydrogen-bond donors (Lipinski definition) is 3. The van der Waals surface area contributed by atoms with Crippen LogP contribution in [0.5, 0.6) is 5.75 Å². The molecule has 0 radical (unpaired) electrons. The van der Waals surface area contributed by atoms with Crippen molar-refractivity contribution in [3.05, 3.63) is 89.5 Å². The molecule has 3 amide bonds. The lowest BCUT2D eigenvalue weighted by Crippen LogP contribution is -2.49. The highest BCUT2D eigenvalue weighted by Crippen LogP contribution is 2.32. The van der Waals surface area contributed by atoms with Crippen molar-refractivity contribution in [2.75, 3.05) is 37.4 Å². The summed E-state index contributed by atoms with van der Waals surface area (Å²) < 4.78 is 44.9. The molecule has 1 heterocycles. The van der Waals surface area contributed by atoms with Crippen molar-refractivity contribution in [2.24, 2.45) is 5.92 Å². The number of fused-ring (bicyclic) bond motifs is 1. The normalized spacial score (nSPS) is 18.0. The molecule has 8 nitrogen and oxygen atoms in total. The molecule has 0 saturated carbocycles.